The molecule has 2 aliphatic rings. The molecule has 5 nitrogen and oxygen atoms in total. The van der Waals surface area contributed by atoms with Gasteiger partial charge in [0, 0.05) is 5.88 Å². The number of fused-ring (bicyclic) bond motifs is 1. The molecule has 2 fully saturated rings. The minimum Gasteiger partial charge on any atom is -0.451 e. The Labute approximate surface area is 173 Å². The molecular formula is C21H21ClN2O3S. The zero-order valence-corrected chi connectivity index (χ0v) is 16.9. The molecule has 2 heterocycles. The lowest BCUT2D eigenvalue weighted by molar-refractivity contribution is -0.165. The summed E-state index contributed by atoms with van der Waals surface area (Å²) in [5, 5.41) is -0.235. The summed E-state index contributed by atoms with van der Waals surface area (Å²) in [6.07, 6.45) is -0.566. The zero-order chi connectivity index (χ0) is 19.9. The molecule has 0 unspecified atom stereocenters. The second-order valence-corrected chi connectivity index (χ2v) is 9.19. The molecule has 0 aliphatic carbocycles. The van der Waals surface area contributed by atoms with Crippen molar-refractivity contribution in [2.45, 2.75) is 35.2 Å². The molecule has 146 valence electrons. The normalized spacial score (nSPS) is 28.8. The molecule has 0 saturated carbocycles. The highest BCUT2D eigenvalue weighted by Crippen LogP contribution is 2.51. The summed E-state index contributed by atoms with van der Waals surface area (Å²) in [5.41, 5.74) is 7.65. The van der Waals surface area contributed by atoms with Crippen LogP contribution in [-0.2, 0) is 14.3 Å². The molecule has 2 saturated heterocycles. The van der Waals surface area contributed by atoms with E-state index in [4.69, 9.17) is 22.1 Å². The Bertz CT molecular complexity index is 842. The third-order valence-corrected chi connectivity index (χ3v) is 7.68. The fourth-order valence-corrected chi connectivity index (χ4v) is 5.67. The number of ether oxygens (including phenoxy) is 1. The Morgan fingerprint density at radius 1 is 1.18 bits per heavy atom. The second-order valence-electron chi connectivity index (χ2n) is 7.27. The van der Waals surface area contributed by atoms with Gasteiger partial charge in [-0.15, -0.1) is 23.4 Å². The number of nitrogens with zero attached hydrogens (tertiary/aromatic N) is 1. The number of carbonyl (C=O) groups is 2. The number of halogens is 1. The first kappa shape index (κ1) is 19.3. The summed E-state index contributed by atoms with van der Waals surface area (Å²) >= 11 is 7.68. The summed E-state index contributed by atoms with van der Waals surface area (Å²) in [6.45, 7) is 1.88. The van der Waals surface area contributed by atoms with Crippen molar-refractivity contribution >= 4 is 35.2 Å². The molecule has 0 bridgehead atoms. The van der Waals surface area contributed by atoms with Crippen LogP contribution in [0, 0.1) is 0 Å². The Morgan fingerprint density at radius 3 is 2.21 bits per heavy atom. The number of hydrogen-bond acceptors (Lipinski definition) is 5. The van der Waals surface area contributed by atoms with Gasteiger partial charge < -0.3 is 15.4 Å². The van der Waals surface area contributed by atoms with E-state index in [-0.39, 0.29) is 17.2 Å². The van der Waals surface area contributed by atoms with Crippen molar-refractivity contribution in [1.82, 2.24) is 4.90 Å². The van der Waals surface area contributed by atoms with Crippen molar-refractivity contribution in [1.29, 1.82) is 0 Å². The van der Waals surface area contributed by atoms with E-state index in [2.05, 4.69) is 0 Å². The standard InChI is InChI=1S/C21H21ClN2O3S/c1-21(12-22)17(24-18(25)15(23)19(24)28-21)20(26)27-16(13-8-4-2-5-9-13)14-10-6-3-7-11-14/h2-11,15-17,19H,12,23H2,1H3/t15-,17+,19+,21+/m1/s1. The van der Waals surface area contributed by atoms with Gasteiger partial charge in [0.05, 0.1) is 4.75 Å². The van der Waals surface area contributed by atoms with Gasteiger partial charge in [-0.05, 0) is 18.1 Å². The van der Waals surface area contributed by atoms with E-state index in [1.54, 1.807) is 0 Å². The Kier molecular flexibility index (Phi) is 5.12. The lowest BCUT2D eigenvalue weighted by Gasteiger charge is -2.42. The van der Waals surface area contributed by atoms with E-state index in [1.165, 1.54) is 16.7 Å². The largest absolute Gasteiger partial charge is 0.451 e. The van der Waals surface area contributed by atoms with Gasteiger partial charge in [0.2, 0.25) is 5.91 Å². The number of nitrogens with two attached hydrogens (primary N) is 1. The predicted octanol–water partition coefficient (Wildman–Crippen LogP) is 2.93. The molecule has 0 aromatic heterocycles. The molecule has 4 atom stereocenters. The highest BCUT2D eigenvalue weighted by atomic mass is 35.5. The van der Waals surface area contributed by atoms with Crippen LogP contribution in [0.3, 0.4) is 0 Å². The highest BCUT2D eigenvalue weighted by molar-refractivity contribution is 8.01. The number of rotatable bonds is 5. The summed E-state index contributed by atoms with van der Waals surface area (Å²) in [5.74, 6) is -0.480. The van der Waals surface area contributed by atoms with Crippen LogP contribution < -0.4 is 5.73 Å². The molecule has 0 radical (unpaired) electrons. The van der Waals surface area contributed by atoms with Crippen LogP contribution in [0.5, 0.6) is 0 Å². The lowest BCUT2D eigenvalue weighted by atomic mass is 9.95. The number of esters is 1. The fourth-order valence-electron chi connectivity index (χ4n) is 3.78. The second kappa shape index (κ2) is 7.43. The van der Waals surface area contributed by atoms with E-state index >= 15 is 0 Å². The first-order valence-electron chi connectivity index (χ1n) is 9.08. The molecule has 2 aromatic carbocycles. The van der Waals surface area contributed by atoms with Crippen molar-refractivity contribution in [3.63, 3.8) is 0 Å². The lowest BCUT2D eigenvalue weighted by Crippen LogP contribution is -2.69. The SMILES string of the molecule is C[C@@]1(CCl)S[C@H]2[C@H](N)C(=O)N2[C@H]1C(=O)OC(c1ccccc1)c1ccccc1. The summed E-state index contributed by atoms with van der Waals surface area (Å²) in [7, 11) is 0. The highest BCUT2D eigenvalue weighted by Gasteiger charge is 2.64. The average Bonchev–Trinajstić information content (AvgIpc) is 3.03. The fraction of sp³-hybridized carbons (Fsp3) is 0.333. The molecule has 4 rings (SSSR count). The number of carbonyl (C=O) groups excluding carboxylic acids is 2. The van der Waals surface area contributed by atoms with Gasteiger partial charge in [0.25, 0.3) is 0 Å². The van der Waals surface area contributed by atoms with Gasteiger partial charge in [-0.25, -0.2) is 4.79 Å². The predicted molar refractivity (Wildman–Crippen MR) is 110 cm³/mol. The molecule has 2 N–H and O–H groups in total. The first-order valence-corrected chi connectivity index (χ1v) is 10.5. The van der Waals surface area contributed by atoms with Crippen LogP contribution in [0.1, 0.15) is 24.2 Å². The monoisotopic (exact) mass is 416 g/mol. The average molecular weight is 417 g/mol. The van der Waals surface area contributed by atoms with Gasteiger partial charge in [-0.2, -0.15) is 0 Å². The van der Waals surface area contributed by atoms with Gasteiger partial charge in [0.15, 0.2) is 6.10 Å². The molecule has 0 spiro atoms. The van der Waals surface area contributed by atoms with Crippen LogP contribution in [0.15, 0.2) is 60.7 Å². The van der Waals surface area contributed by atoms with Crippen molar-refractivity contribution < 1.29 is 14.3 Å². The van der Waals surface area contributed by atoms with Gasteiger partial charge in [-0.1, -0.05) is 60.7 Å². The third kappa shape index (κ3) is 3.09. The number of alkyl halides is 1. The minimum absolute atomic E-state index is 0.214. The molecule has 28 heavy (non-hydrogen) atoms. The number of benzene rings is 2. The Hall–Kier alpha value is -2.02. The molecule has 2 aromatic rings. The third-order valence-electron chi connectivity index (χ3n) is 5.29. The molecule has 7 heteroatoms. The number of thioether (sulfide) groups is 1. The van der Waals surface area contributed by atoms with Crippen molar-refractivity contribution in [3.8, 4) is 0 Å². The van der Waals surface area contributed by atoms with Crippen LogP contribution >= 0.6 is 23.4 Å². The number of β-lactam (4-membered cyclic amide) rings is 1. The maximum atomic E-state index is 13.3. The van der Waals surface area contributed by atoms with Gasteiger partial charge >= 0.3 is 5.97 Å². The Balaban J connectivity index is 1.65. The van der Waals surface area contributed by atoms with Crippen molar-refractivity contribution in [3.05, 3.63) is 71.8 Å². The van der Waals surface area contributed by atoms with E-state index in [1.807, 2.05) is 67.6 Å². The van der Waals surface area contributed by atoms with Crippen LogP contribution in [-0.4, -0.2) is 44.9 Å². The van der Waals surface area contributed by atoms with Crippen molar-refractivity contribution in [2.75, 3.05) is 5.88 Å². The molecular weight excluding hydrogens is 396 g/mol. The minimum atomic E-state index is -0.762. The van der Waals surface area contributed by atoms with Crippen LogP contribution in [0.4, 0.5) is 0 Å². The summed E-state index contributed by atoms with van der Waals surface area (Å²) < 4.78 is 5.35. The summed E-state index contributed by atoms with van der Waals surface area (Å²) in [6, 6.07) is 17.8. The topological polar surface area (TPSA) is 72.6 Å². The van der Waals surface area contributed by atoms with E-state index in [0.717, 1.165) is 11.1 Å². The quantitative estimate of drug-likeness (QED) is 0.461. The van der Waals surface area contributed by atoms with Gasteiger partial charge in [-0.3, -0.25) is 4.79 Å². The van der Waals surface area contributed by atoms with E-state index in [0.29, 0.717) is 0 Å². The van der Waals surface area contributed by atoms with E-state index < -0.39 is 28.9 Å². The maximum absolute atomic E-state index is 13.3. The first-order chi connectivity index (χ1) is 13.5. The maximum Gasteiger partial charge on any atom is 0.331 e. The van der Waals surface area contributed by atoms with Crippen LogP contribution in [0.2, 0.25) is 0 Å². The molecule has 1 amide bonds. The smallest absolute Gasteiger partial charge is 0.331 e. The zero-order valence-electron chi connectivity index (χ0n) is 15.3. The summed E-state index contributed by atoms with van der Waals surface area (Å²) in [4.78, 5) is 27.1. The van der Waals surface area contributed by atoms with E-state index in [9.17, 15) is 9.59 Å². The van der Waals surface area contributed by atoms with Crippen molar-refractivity contribution in [2.24, 2.45) is 5.73 Å². The number of amides is 1. The molecule has 2 aliphatic heterocycles. The van der Waals surface area contributed by atoms with Gasteiger partial charge in [0.1, 0.15) is 17.5 Å². The number of hydrogen-bond donors (Lipinski definition) is 1. The Morgan fingerprint density at radius 2 is 1.71 bits per heavy atom. The van der Waals surface area contributed by atoms with Crippen LogP contribution in [0.25, 0.3) is 0 Å².